The van der Waals surface area contributed by atoms with Gasteiger partial charge in [-0.05, 0) is 74.5 Å². The number of benzene rings is 3. The lowest BCUT2D eigenvalue weighted by Crippen LogP contribution is -2.25. The molecule has 0 aliphatic carbocycles. The van der Waals surface area contributed by atoms with Crippen molar-refractivity contribution in [1.29, 1.82) is 0 Å². The van der Waals surface area contributed by atoms with E-state index in [-0.39, 0.29) is 11.8 Å². The highest BCUT2D eigenvalue weighted by Gasteiger charge is 2.26. The molecule has 2 amide bonds. The minimum absolute atomic E-state index is 0.212. The number of para-hydroxylation sites is 1. The zero-order valence-electron chi connectivity index (χ0n) is 19.4. The molecule has 0 atom stereocenters. The second-order valence-electron chi connectivity index (χ2n) is 8.81. The van der Waals surface area contributed by atoms with Gasteiger partial charge in [0.25, 0.3) is 11.8 Å². The van der Waals surface area contributed by atoms with Crippen molar-refractivity contribution >= 4 is 46.2 Å². The third-order valence-corrected chi connectivity index (χ3v) is 6.79. The van der Waals surface area contributed by atoms with E-state index < -0.39 is 0 Å². The van der Waals surface area contributed by atoms with E-state index >= 15 is 0 Å². The van der Waals surface area contributed by atoms with Crippen molar-refractivity contribution < 1.29 is 9.59 Å². The first-order chi connectivity index (χ1) is 17.1. The number of nitrogens with one attached hydrogen (secondary N) is 4. The number of rotatable bonds is 8. The predicted molar refractivity (Wildman–Crippen MR) is 141 cm³/mol. The molecule has 4 N–H and O–H groups in total. The molecule has 0 spiro atoms. The number of anilines is 4. The van der Waals surface area contributed by atoms with Crippen LogP contribution in [0.2, 0.25) is 5.02 Å². The van der Waals surface area contributed by atoms with Crippen LogP contribution in [0, 0.1) is 0 Å². The van der Waals surface area contributed by atoms with Crippen molar-refractivity contribution in [3.05, 3.63) is 82.4 Å². The number of nitrogens with zero attached hydrogens (tertiary/aromatic N) is 1. The first-order valence-electron chi connectivity index (χ1n) is 11.9. The highest BCUT2D eigenvalue weighted by molar-refractivity contribution is 6.33. The van der Waals surface area contributed by atoms with E-state index in [0.29, 0.717) is 28.4 Å². The molecule has 3 aromatic carbocycles. The van der Waals surface area contributed by atoms with Gasteiger partial charge in [0.05, 0.1) is 22.0 Å². The van der Waals surface area contributed by atoms with Crippen LogP contribution in [-0.2, 0) is 6.54 Å². The number of amides is 2. The van der Waals surface area contributed by atoms with Gasteiger partial charge in [-0.3, -0.25) is 9.59 Å². The summed E-state index contributed by atoms with van der Waals surface area (Å²) in [6, 6.07) is 18.4. The molecule has 5 rings (SSSR count). The second-order valence-corrected chi connectivity index (χ2v) is 9.22. The SMILES string of the molecule is O=C(Nc1ccc(Nc2ccccc2Cl)c2c1C(=O)NC2)c1ccc(NCCN2CCCC2)cc1. The summed E-state index contributed by atoms with van der Waals surface area (Å²) < 4.78 is 0. The summed E-state index contributed by atoms with van der Waals surface area (Å²) in [6.45, 7) is 4.64. The smallest absolute Gasteiger partial charge is 0.255 e. The van der Waals surface area contributed by atoms with Crippen molar-refractivity contribution in [3.8, 4) is 0 Å². The predicted octanol–water partition coefficient (Wildman–Crippen LogP) is 5.09. The molecule has 0 radical (unpaired) electrons. The molecule has 2 heterocycles. The van der Waals surface area contributed by atoms with Gasteiger partial charge in [0.15, 0.2) is 0 Å². The molecule has 0 unspecified atom stereocenters. The Morgan fingerprint density at radius 2 is 1.69 bits per heavy atom. The quantitative estimate of drug-likeness (QED) is 0.354. The molecule has 8 heteroatoms. The van der Waals surface area contributed by atoms with Crippen LogP contribution in [0.1, 0.15) is 39.1 Å². The fourth-order valence-corrected chi connectivity index (χ4v) is 4.76. The van der Waals surface area contributed by atoms with Gasteiger partial charge >= 0.3 is 0 Å². The van der Waals surface area contributed by atoms with Gasteiger partial charge in [-0.1, -0.05) is 23.7 Å². The third kappa shape index (κ3) is 5.26. The zero-order valence-corrected chi connectivity index (χ0v) is 20.1. The molecule has 2 aliphatic heterocycles. The molecule has 0 bridgehead atoms. The van der Waals surface area contributed by atoms with Crippen molar-refractivity contribution in [2.75, 3.05) is 42.1 Å². The Kier molecular flexibility index (Phi) is 6.88. The molecule has 0 aromatic heterocycles. The summed E-state index contributed by atoms with van der Waals surface area (Å²) >= 11 is 6.28. The van der Waals surface area contributed by atoms with Gasteiger partial charge in [-0.15, -0.1) is 0 Å². The maximum absolute atomic E-state index is 12.9. The highest BCUT2D eigenvalue weighted by atomic mass is 35.5. The molecular formula is C27H28ClN5O2. The first kappa shape index (κ1) is 23.2. The second kappa shape index (κ2) is 10.4. The molecule has 1 saturated heterocycles. The van der Waals surface area contributed by atoms with Gasteiger partial charge in [0.1, 0.15) is 0 Å². The van der Waals surface area contributed by atoms with E-state index in [0.717, 1.165) is 35.7 Å². The minimum atomic E-state index is -0.262. The normalized spacial score (nSPS) is 14.9. The minimum Gasteiger partial charge on any atom is -0.384 e. The molecule has 3 aromatic rings. The Morgan fingerprint density at radius 1 is 0.943 bits per heavy atom. The topological polar surface area (TPSA) is 85.5 Å². The average Bonchev–Trinajstić information content (AvgIpc) is 3.53. The number of likely N-dealkylation sites (tertiary alicyclic amines) is 1. The largest absolute Gasteiger partial charge is 0.384 e. The van der Waals surface area contributed by atoms with E-state index in [1.54, 1.807) is 24.3 Å². The Bertz CT molecular complexity index is 1240. The van der Waals surface area contributed by atoms with Gasteiger partial charge in [0, 0.05) is 42.1 Å². The summed E-state index contributed by atoms with van der Waals surface area (Å²) in [5.41, 5.74) is 4.78. The highest BCUT2D eigenvalue weighted by Crippen LogP contribution is 2.34. The molecule has 35 heavy (non-hydrogen) atoms. The van der Waals surface area contributed by atoms with Crippen LogP contribution < -0.4 is 21.3 Å². The van der Waals surface area contributed by atoms with Gasteiger partial charge in [-0.25, -0.2) is 0 Å². The van der Waals surface area contributed by atoms with E-state index in [1.807, 2.05) is 36.4 Å². The van der Waals surface area contributed by atoms with Gasteiger partial charge in [-0.2, -0.15) is 0 Å². The van der Waals surface area contributed by atoms with Crippen LogP contribution in [0.15, 0.2) is 60.7 Å². The van der Waals surface area contributed by atoms with Crippen LogP contribution in [0.25, 0.3) is 0 Å². The molecule has 1 fully saturated rings. The lowest BCUT2D eigenvalue weighted by Gasteiger charge is -2.16. The Balaban J connectivity index is 1.26. The van der Waals surface area contributed by atoms with Crippen molar-refractivity contribution in [1.82, 2.24) is 10.2 Å². The molecule has 2 aliphatic rings. The average molecular weight is 490 g/mol. The van der Waals surface area contributed by atoms with Crippen molar-refractivity contribution in [2.45, 2.75) is 19.4 Å². The first-order valence-corrected chi connectivity index (χ1v) is 12.3. The number of hydrogen-bond acceptors (Lipinski definition) is 5. The fraction of sp³-hybridized carbons (Fsp3) is 0.259. The van der Waals surface area contributed by atoms with E-state index in [4.69, 9.17) is 11.6 Å². The van der Waals surface area contributed by atoms with Gasteiger partial charge in [0.2, 0.25) is 0 Å². The molecular weight excluding hydrogens is 462 g/mol. The summed E-state index contributed by atoms with van der Waals surface area (Å²) in [5.74, 6) is -0.474. The summed E-state index contributed by atoms with van der Waals surface area (Å²) in [4.78, 5) is 28.0. The summed E-state index contributed by atoms with van der Waals surface area (Å²) in [6.07, 6.45) is 2.57. The Labute approximate surface area is 209 Å². The lowest BCUT2D eigenvalue weighted by molar-refractivity contribution is 0.0966. The Hall–Kier alpha value is -3.55. The van der Waals surface area contributed by atoms with Crippen LogP contribution in [0.4, 0.5) is 22.7 Å². The maximum atomic E-state index is 12.9. The molecule has 180 valence electrons. The molecule has 7 nitrogen and oxygen atoms in total. The van der Waals surface area contributed by atoms with Crippen LogP contribution in [0.5, 0.6) is 0 Å². The zero-order chi connectivity index (χ0) is 24.2. The summed E-state index contributed by atoms with van der Waals surface area (Å²) in [5, 5.41) is 13.1. The molecule has 0 saturated carbocycles. The van der Waals surface area contributed by atoms with E-state index in [2.05, 4.69) is 26.2 Å². The monoisotopic (exact) mass is 489 g/mol. The lowest BCUT2D eigenvalue weighted by atomic mass is 10.0. The van der Waals surface area contributed by atoms with Crippen LogP contribution >= 0.6 is 11.6 Å². The van der Waals surface area contributed by atoms with Crippen LogP contribution in [-0.4, -0.2) is 42.9 Å². The number of carbonyl (C=O) groups is 2. The number of carbonyl (C=O) groups excluding carboxylic acids is 2. The number of hydrogen-bond donors (Lipinski definition) is 4. The number of fused-ring (bicyclic) bond motifs is 1. The summed E-state index contributed by atoms with van der Waals surface area (Å²) in [7, 11) is 0. The third-order valence-electron chi connectivity index (χ3n) is 6.46. The fourth-order valence-electron chi connectivity index (χ4n) is 4.58. The van der Waals surface area contributed by atoms with Gasteiger partial charge < -0.3 is 26.2 Å². The van der Waals surface area contributed by atoms with Crippen molar-refractivity contribution in [3.63, 3.8) is 0 Å². The number of halogens is 1. The maximum Gasteiger partial charge on any atom is 0.255 e. The van der Waals surface area contributed by atoms with E-state index in [1.165, 1.54) is 25.9 Å². The van der Waals surface area contributed by atoms with E-state index in [9.17, 15) is 9.59 Å². The van der Waals surface area contributed by atoms with Crippen molar-refractivity contribution in [2.24, 2.45) is 0 Å². The van der Waals surface area contributed by atoms with Crippen LogP contribution in [0.3, 0.4) is 0 Å². The Morgan fingerprint density at radius 3 is 2.46 bits per heavy atom. The standard InChI is InChI=1S/C27H28ClN5O2/c28-21-5-1-2-6-23(21)31-22-11-12-24(25-20(22)17-30-27(25)35)32-26(34)18-7-9-19(10-8-18)29-13-16-33-14-3-4-15-33/h1-2,5-12,29,31H,3-4,13-17H2,(H,30,35)(H,32,34).